The van der Waals surface area contributed by atoms with Gasteiger partial charge in [0.05, 0.1) is 6.61 Å². The maximum atomic E-state index is 5.22. The third-order valence-corrected chi connectivity index (χ3v) is 2.06. The summed E-state index contributed by atoms with van der Waals surface area (Å²) >= 11 is 0. The second kappa shape index (κ2) is 4.10. The van der Waals surface area contributed by atoms with Crippen LogP contribution in [0.2, 0.25) is 0 Å². The van der Waals surface area contributed by atoms with Crippen LogP contribution in [0.25, 0.3) is 6.08 Å². The Balaban J connectivity index is 1.97. The fourth-order valence-corrected chi connectivity index (χ4v) is 1.30. The molecule has 1 heterocycles. The van der Waals surface area contributed by atoms with Crippen molar-refractivity contribution >= 4 is 6.08 Å². The fourth-order valence-electron chi connectivity index (χ4n) is 1.30. The van der Waals surface area contributed by atoms with E-state index in [0.29, 0.717) is 0 Å². The minimum Gasteiger partial charge on any atom is -0.359 e. The van der Waals surface area contributed by atoms with Gasteiger partial charge in [0.2, 0.25) is 0 Å². The Morgan fingerprint density at radius 2 is 2.08 bits per heavy atom. The van der Waals surface area contributed by atoms with Gasteiger partial charge < -0.3 is 9.64 Å². The van der Waals surface area contributed by atoms with E-state index in [-0.39, 0.29) is 0 Å². The highest BCUT2D eigenvalue weighted by Crippen LogP contribution is 2.05. The van der Waals surface area contributed by atoms with Crippen molar-refractivity contribution in [2.75, 3.05) is 19.9 Å². The number of ether oxygens (including phenoxy) is 1. The molecule has 0 radical (unpaired) electrons. The minimum atomic E-state index is 0.726. The fraction of sp³-hybridized carbons (Fsp3) is 0.273. The quantitative estimate of drug-likeness (QED) is 0.681. The normalized spacial score (nSPS) is 17.1. The topological polar surface area (TPSA) is 12.5 Å². The number of hydrogen-bond acceptors (Lipinski definition) is 2. The van der Waals surface area contributed by atoms with Gasteiger partial charge in [0.25, 0.3) is 0 Å². The van der Waals surface area contributed by atoms with Crippen LogP contribution in [0.5, 0.6) is 0 Å². The summed E-state index contributed by atoms with van der Waals surface area (Å²) in [5.41, 5.74) is 1.23. The van der Waals surface area contributed by atoms with Crippen molar-refractivity contribution in [3.05, 3.63) is 42.1 Å². The monoisotopic (exact) mass is 175 g/mol. The zero-order valence-electron chi connectivity index (χ0n) is 7.52. The van der Waals surface area contributed by atoms with Gasteiger partial charge in [0.15, 0.2) is 0 Å². The average molecular weight is 175 g/mol. The van der Waals surface area contributed by atoms with Crippen molar-refractivity contribution in [2.45, 2.75) is 0 Å². The first-order valence-electron chi connectivity index (χ1n) is 4.50. The SMILES string of the molecule is C(=CN1CCOC1)c1ccccc1. The molecule has 0 bridgehead atoms. The number of rotatable bonds is 2. The Bertz CT molecular complexity index is 275. The van der Waals surface area contributed by atoms with Crippen LogP contribution in [0.4, 0.5) is 0 Å². The summed E-state index contributed by atoms with van der Waals surface area (Å²) in [4.78, 5) is 2.16. The highest BCUT2D eigenvalue weighted by atomic mass is 16.5. The molecule has 0 saturated carbocycles. The second-order valence-electron chi connectivity index (χ2n) is 3.08. The minimum absolute atomic E-state index is 0.726. The van der Waals surface area contributed by atoms with Gasteiger partial charge >= 0.3 is 0 Å². The molecule has 1 aliphatic rings. The molecule has 1 aromatic rings. The highest BCUT2D eigenvalue weighted by Gasteiger charge is 2.05. The first-order valence-corrected chi connectivity index (χ1v) is 4.50. The van der Waals surface area contributed by atoms with Crippen molar-refractivity contribution in [3.8, 4) is 0 Å². The Labute approximate surface area is 78.4 Å². The first-order chi connectivity index (χ1) is 6.45. The van der Waals surface area contributed by atoms with Crippen molar-refractivity contribution in [2.24, 2.45) is 0 Å². The number of hydrogen-bond donors (Lipinski definition) is 0. The Hall–Kier alpha value is -1.28. The molecule has 68 valence electrons. The van der Waals surface area contributed by atoms with Gasteiger partial charge in [-0.2, -0.15) is 0 Å². The maximum Gasteiger partial charge on any atom is 0.118 e. The van der Waals surface area contributed by atoms with E-state index in [0.717, 1.165) is 19.9 Å². The van der Waals surface area contributed by atoms with Gasteiger partial charge in [-0.15, -0.1) is 0 Å². The van der Waals surface area contributed by atoms with Crippen LogP contribution in [-0.2, 0) is 4.74 Å². The molecule has 0 N–H and O–H groups in total. The molecule has 13 heavy (non-hydrogen) atoms. The lowest BCUT2D eigenvalue weighted by molar-refractivity contribution is 0.162. The highest BCUT2D eigenvalue weighted by molar-refractivity contribution is 5.48. The van der Waals surface area contributed by atoms with E-state index in [4.69, 9.17) is 4.74 Å². The second-order valence-corrected chi connectivity index (χ2v) is 3.08. The molecular weight excluding hydrogens is 162 g/mol. The Kier molecular flexibility index (Phi) is 2.62. The maximum absolute atomic E-state index is 5.22. The van der Waals surface area contributed by atoms with Gasteiger partial charge in [-0.1, -0.05) is 30.3 Å². The molecule has 1 aromatic carbocycles. The molecule has 2 heteroatoms. The summed E-state index contributed by atoms with van der Waals surface area (Å²) in [6, 6.07) is 10.3. The smallest absolute Gasteiger partial charge is 0.118 e. The van der Waals surface area contributed by atoms with Crippen LogP contribution in [0, 0.1) is 0 Å². The molecule has 0 spiro atoms. The molecule has 0 atom stereocenters. The first kappa shape index (κ1) is 8.32. The zero-order valence-corrected chi connectivity index (χ0v) is 7.52. The van der Waals surface area contributed by atoms with Crippen LogP contribution >= 0.6 is 0 Å². The largest absolute Gasteiger partial charge is 0.359 e. The molecule has 1 saturated heterocycles. The molecule has 0 unspecified atom stereocenters. The summed E-state index contributed by atoms with van der Waals surface area (Å²) in [6.07, 6.45) is 4.19. The summed E-state index contributed by atoms with van der Waals surface area (Å²) in [7, 11) is 0. The summed E-state index contributed by atoms with van der Waals surface area (Å²) < 4.78 is 5.22. The van der Waals surface area contributed by atoms with Gasteiger partial charge in [0.1, 0.15) is 6.73 Å². The van der Waals surface area contributed by atoms with Crippen LogP contribution in [-0.4, -0.2) is 24.8 Å². The van der Waals surface area contributed by atoms with Crippen LogP contribution in [0.15, 0.2) is 36.5 Å². The molecular formula is C11H13NO. The molecule has 1 fully saturated rings. The molecule has 0 aromatic heterocycles. The van der Waals surface area contributed by atoms with E-state index in [2.05, 4.69) is 29.3 Å². The standard InChI is InChI=1S/C11H13NO/c1-2-4-11(5-3-1)6-7-12-8-9-13-10-12/h1-7H,8-10H2. The molecule has 0 amide bonds. The summed E-state index contributed by atoms with van der Waals surface area (Å²) in [5.74, 6) is 0. The summed E-state index contributed by atoms with van der Waals surface area (Å²) in [5, 5.41) is 0. The van der Waals surface area contributed by atoms with Gasteiger partial charge in [-0.3, -0.25) is 0 Å². The number of benzene rings is 1. The van der Waals surface area contributed by atoms with Crippen molar-refractivity contribution in [1.82, 2.24) is 4.90 Å². The lowest BCUT2D eigenvalue weighted by atomic mass is 10.2. The Morgan fingerprint density at radius 1 is 1.23 bits per heavy atom. The lowest BCUT2D eigenvalue weighted by Gasteiger charge is -2.07. The zero-order chi connectivity index (χ0) is 8.93. The molecule has 1 aliphatic heterocycles. The van der Waals surface area contributed by atoms with E-state index < -0.39 is 0 Å². The van der Waals surface area contributed by atoms with Crippen molar-refractivity contribution in [1.29, 1.82) is 0 Å². The molecule has 0 aliphatic carbocycles. The van der Waals surface area contributed by atoms with Crippen molar-refractivity contribution < 1.29 is 4.74 Å². The third kappa shape index (κ3) is 2.33. The van der Waals surface area contributed by atoms with Crippen molar-refractivity contribution in [3.63, 3.8) is 0 Å². The van der Waals surface area contributed by atoms with Crippen LogP contribution in [0.1, 0.15) is 5.56 Å². The van der Waals surface area contributed by atoms with Gasteiger partial charge in [-0.25, -0.2) is 0 Å². The third-order valence-electron chi connectivity index (χ3n) is 2.06. The van der Waals surface area contributed by atoms with E-state index in [1.807, 2.05) is 18.2 Å². The van der Waals surface area contributed by atoms with Gasteiger partial charge in [-0.05, 0) is 11.6 Å². The summed E-state index contributed by atoms with van der Waals surface area (Å²) in [6.45, 7) is 2.58. The van der Waals surface area contributed by atoms with E-state index >= 15 is 0 Å². The van der Waals surface area contributed by atoms with E-state index in [1.165, 1.54) is 5.56 Å². The van der Waals surface area contributed by atoms with E-state index in [1.54, 1.807) is 0 Å². The Morgan fingerprint density at radius 3 is 2.77 bits per heavy atom. The number of nitrogens with zero attached hydrogens (tertiary/aromatic N) is 1. The lowest BCUT2D eigenvalue weighted by Crippen LogP contribution is -2.10. The average Bonchev–Trinajstić information content (AvgIpc) is 2.69. The van der Waals surface area contributed by atoms with Crippen LogP contribution in [0.3, 0.4) is 0 Å². The predicted molar refractivity (Wildman–Crippen MR) is 53.0 cm³/mol. The van der Waals surface area contributed by atoms with Crippen LogP contribution < -0.4 is 0 Å². The molecule has 2 rings (SSSR count). The van der Waals surface area contributed by atoms with Gasteiger partial charge in [0, 0.05) is 12.7 Å². The predicted octanol–water partition coefficient (Wildman–Crippen LogP) is 1.95. The van der Waals surface area contributed by atoms with E-state index in [9.17, 15) is 0 Å². The molecule has 2 nitrogen and oxygen atoms in total.